The van der Waals surface area contributed by atoms with Gasteiger partial charge in [-0.1, -0.05) is 0 Å². The lowest BCUT2D eigenvalue weighted by Crippen LogP contribution is -2.48. The average Bonchev–Trinajstić information content (AvgIpc) is 1.97. The summed E-state index contributed by atoms with van der Waals surface area (Å²) in [7, 11) is -3.94. The van der Waals surface area contributed by atoms with Crippen LogP contribution in [0.2, 0.25) is 0 Å². The first-order chi connectivity index (χ1) is 4.97. The van der Waals surface area contributed by atoms with Gasteiger partial charge in [-0.2, -0.15) is 8.42 Å². The third-order valence-electron chi connectivity index (χ3n) is 1.24. The zero-order chi connectivity index (χ0) is 8.54. The van der Waals surface area contributed by atoms with Crippen LogP contribution in [0.3, 0.4) is 0 Å². The molecule has 2 N–H and O–H groups in total. The second-order valence-electron chi connectivity index (χ2n) is 2.32. The molecule has 0 spiro atoms. The molecule has 1 fully saturated rings. The molecule has 0 aromatic rings. The summed E-state index contributed by atoms with van der Waals surface area (Å²) < 4.78 is 29.1. The zero-order valence-corrected chi connectivity index (χ0v) is 6.37. The van der Waals surface area contributed by atoms with Crippen LogP contribution >= 0.6 is 0 Å². The normalized spacial score (nSPS) is 28.2. The summed E-state index contributed by atoms with van der Waals surface area (Å²) in [5.74, 6) is 0. The van der Waals surface area contributed by atoms with Crippen LogP contribution in [0.15, 0.2) is 0 Å². The first-order valence-electron chi connectivity index (χ1n) is 2.84. The smallest absolute Gasteiger partial charge is 0.393 e. The minimum absolute atomic E-state index is 0.466. The SMILES string of the molecule is O=S1(=O)OCC(O)(CO)CO1. The summed E-state index contributed by atoms with van der Waals surface area (Å²) in [4.78, 5) is 0. The summed E-state index contributed by atoms with van der Waals surface area (Å²) >= 11 is 0. The van der Waals surface area contributed by atoms with Crippen molar-refractivity contribution in [1.82, 2.24) is 0 Å². The fourth-order valence-corrected chi connectivity index (χ4v) is 1.33. The van der Waals surface area contributed by atoms with E-state index in [0.717, 1.165) is 0 Å². The highest BCUT2D eigenvalue weighted by Gasteiger charge is 2.36. The lowest BCUT2D eigenvalue weighted by molar-refractivity contribution is -0.0972. The third kappa shape index (κ3) is 2.11. The van der Waals surface area contributed by atoms with E-state index < -0.39 is 35.8 Å². The van der Waals surface area contributed by atoms with Crippen LogP contribution in [0.25, 0.3) is 0 Å². The van der Waals surface area contributed by atoms with Crippen molar-refractivity contribution in [3.8, 4) is 0 Å². The van der Waals surface area contributed by atoms with Crippen molar-refractivity contribution in [2.75, 3.05) is 19.8 Å². The molecular weight excluding hydrogens is 176 g/mol. The molecule has 0 radical (unpaired) electrons. The third-order valence-corrected chi connectivity index (χ3v) is 2.05. The van der Waals surface area contributed by atoms with E-state index in [1.165, 1.54) is 0 Å². The molecule has 0 bridgehead atoms. The summed E-state index contributed by atoms with van der Waals surface area (Å²) in [5.41, 5.74) is -1.59. The highest BCUT2D eigenvalue weighted by atomic mass is 32.3. The van der Waals surface area contributed by atoms with Crippen molar-refractivity contribution < 1.29 is 27.0 Å². The molecule has 11 heavy (non-hydrogen) atoms. The molecule has 0 atom stereocenters. The molecule has 0 amide bonds. The Labute approximate surface area is 63.7 Å². The molecule has 1 aliphatic heterocycles. The van der Waals surface area contributed by atoms with E-state index in [1.807, 2.05) is 0 Å². The number of rotatable bonds is 1. The summed E-state index contributed by atoms with van der Waals surface area (Å²) in [6, 6.07) is 0. The Bertz CT molecular complexity index is 217. The van der Waals surface area contributed by atoms with Gasteiger partial charge >= 0.3 is 10.4 Å². The van der Waals surface area contributed by atoms with Crippen molar-refractivity contribution >= 4 is 10.4 Å². The monoisotopic (exact) mass is 184 g/mol. The maximum absolute atomic E-state index is 10.4. The van der Waals surface area contributed by atoms with E-state index in [2.05, 4.69) is 8.37 Å². The molecule has 1 rings (SSSR count). The standard InChI is InChI=1S/C4H8O6S/c5-1-4(6)2-9-11(7,8)10-3-4/h5-6H,1-3H2. The molecule has 1 saturated heterocycles. The second kappa shape index (κ2) is 2.68. The van der Waals surface area contributed by atoms with Crippen LogP contribution in [0.4, 0.5) is 0 Å². The molecule has 0 aromatic carbocycles. The number of hydrogen-bond donors (Lipinski definition) is 2. The molecule has 0 saturated carbocycles. The Morgan fingerprint density at radius 2 is 1.82 bits per heavy atom. The van der Waals surface area contributed by atoms with Crippen molar-refractivity contribution in [3.05, 3.63) is 0 Å². The van der Waals surface area contributed by atoms with Gasteiger partial charge in [0.15, 0.2) is 0 Å². The van der Waals surface area contributed by atoms with Crippen LogP contribution in [-0.4, -0.2) is 44.1 Å². The Morgan fingerprint density at radius 3 is 2.18 bits per heavy atom. The topological polar surface area (TPSA) is 93.1 Å². The maximum Gasteiger partial charge on any atom is 0.400 e. The molecule has 0 aromatic heterocycles. The van der Waals surface area contributed by atoms with Gasteiger partial charge in [0, 0.05) is 0 Å². The largest absolute Gasteiger partial charge is 0.400 e. The van der Waals surface area contributed by atoms with Crippen LogP contribution in [0, 0.1) is 0 Å². The summed E-state index contributed by atoms with van der Waals surface area (Å²) in [5, 5.41) is 17.7. The van der Waals surface area contributed by atoms with Crippen molar-refractivity contribution in [2.24, 2.45) is 0 Å². The van der Waals surface area contributed by atoms with E-state index in [-0.39, 0.29) is 0 Å². The quantitative estimate of drug-likeness (QED) is 0.489. The molecular formula is C4H8O6S. The van der Waals surface area contributed by atoms with Gasteiger partial charge in [-0.3, -0.25) is 0 Å². The minimum atomic E-state index is -3.94. The van der Waals surface area contributed by atoms with Crippen molar-refractivity contribution in [1.29, 1.82) is 0 Å². The van der Waals surface area contributed by atoms with Gasteiger partial charge < -0.3 is 10.2 Å². The molecule has 1 heterocycles. The summed E-state index contributed by atoms with van der Waals surface area (Å²) in [6.45, 7) is -1.53. The van der Waals surface area contributed by atoms with E-state index in [9.17, 15) is 8.42 Å². The first-order valence-corrected chi connectivity index (χ1v) is 4.18. The molecule has 0 unspecified atom stereocenters. The lowest BCUT2D eigenvalue weighted by Gasteiger charge is -2.28. The number of aliphatic hydroxyl groups is 2. The molecule has 7 heteroatoms. The maximum atomic E-state index is 10.4. The number of hydrogen-bond acceptors (Lipinski definition) is 6. The molecule has 66 valence electrons. The van der Waals surface area contributed by atoms with Crippen molar-refractivity contribution in [3.63, 3.8) is 0 Å². The number of aliphatic hydroxyl groups excluding tert-OH is 1. The van der Waals surface area contributed by atoms with Gasteiger partial charge in [0.2, 0.25) is 0 Å². The van der Waals surface area contributed by atoms with Crippen LogP contribution in [-0.2, 0) is 18.8 Å². The van der Waals surface area contributed by atoms with Gasteiger partial charge in [0.05, 0.1) is 6.61 Å². The van der Waals surface area contributed by atoms with Crippen LogP contribution < -0.4 is 0 Å². The van der Waals surface area contributed by atoms with Gasteiger partial charge in [0.25, 0.3) is 0 Å². The zero-order valence-electron chi connectivity index (χ0n) is 5.56. The Balaban J connectivity index is 2.62. The second-order valence-corrected chi connectivity index (χ2v) is 3.60. The Kier molecular flexibility index (Phi) is 2.17. The van der Waals surface area contributed by atoms with Crippen molar-refractivity contribution in [2.45, 2.75) is 5.60 Å². The van der Waals surface area contributed by atoms with E-state index in [1.54, 1.807) is 0 Å². The van der Waals surface area contributed by atoms with Gasteiger partial charge in [0.1, 0.15) is 18.8 Å². The van der Waals surface area contributed by atoms with E-state index >= 15 is 0 Å². The van der Waals surface area contributed by atoms with E-state index in [4.69, 9.17) is 10.2 Å². The first kappa shape index (κ1) is 8.88. The highest BCUT2D eigenvalue weighted by Crippen LogP contribution is 2.15. The van der Waals surface area contributed by atoms with Gasteiger partial charge in [-0.15, -0.1) is 0 Å². The fourth-order valence-electron chi connectivity index (χ4n) is 0.531. The lowest BCUT2D eigenvalue weighted by atomic mass is 10.1. The van der Waals surface area contributed by atoms with Gasteiger partial charge in [-0.05, 0) is 0 Å². The molecule has 6 nitrogen and oxygen atoms in total. The highest BCUT2D eigenvalue weighted by molar-refractivity contribution is 7.81. The Hall–Kier alpha value is -0.210. The van der Waals surface area contributed by atoms with E-state index in [0.29, 0.717) is 0 Å². The molecule has 1 aliphatic rings. The fraction of sp³-hybridized carbons (Fsp3) is 1.00. The predicted molar refractivity (Wildman–Crippen MR) is 32.9 cm³/mol. The predicted octanol–water partition coefficient (Wildman–Crippen LogP) is -2.00. The Morgan fingerprint density at radius 1 is 1.36 bits per heavy atom. The summed E-state index contributed by atoms with van der Waals surface area (Å²) in [6.07, 6.45) is 0. The average molecular weight is 184 g/mol. The van der Waals surface area contributed by atoms with Gasteiger partial charge in [-0.25, -0.2) is 8.37 Å². The van der Waals surface area contributed by atoms with Crippen LogP contribution in [0.5, 0.6) is 0 Å². The molecule has 0 aliphatic carbocycles. The minimum Gasteiger partial charge on any atom is -0.393 e. The van der Waals surface area contributed by atoms with Crippen LogP contribution in [0.1, 0.15) is 0 Å².